The zero-order chi connectivity index (χ0) is 13.4. The van der Waals surface area contributed by atoms with Gasteiger partial charge in [-0.1, -0.05) is 24.6 Å². The predicted octanol–water partition coefficient (Wildman–Crippen LogP) is 3.34. The van der Waals surface area contributed by atoms with Crippen molar-refractivity contribution >= 4 is 5.69 Å². The standard InChI is InChI=1S/C16H26N2/c1-5-18(14-8-6-13(2)7-9-14)16(4,12-17)15(3)10-11-15/h6-9H,5,10-12,17H2,1-4H3. The maximum Gasteiger partial charge on any atom is 0.0549 e. The molecule has 2 rings (SSSR count). The first-order valence-corrected chi connectivity index (χ1v) is 7.01. The summed E-state index contributed by atoms with van der Waals surface area (Å²) in [5, 5.41) is 0. The van der Waals surface area contributed by atoms with Gasteiger partial charge in [0, 0.05) is 18.8 Å². The van der Waals surface area contributed by atoms with Crippen molar-refractivity contribution in [1.82, 2.24) is 0 Å². The lowest BCUT2D eigenvalue weighted by Crippen LogP contribution is -2.57. The van der Waals surface area contributed by atoms with Crippen LogP contribution in [0.1, 0.15) is 39.2 Å². The maximum absolute atomic E-state index is 6.14. The second kappa shape index (κ2) is 4.58. The van der Waals surface area contributed by atoms with Crippen LogP contribution in [0.4, 0.5) is 5.69 Å². The fraction of sp³-hybridized carbons (Fsp3) is 0.625. The number of hydrogen-bond acceptors (Lipinski definition) is 2. The second-order valence-corrected chi connectivity index (χ2v) is 6.12. The Balaban J connectivity index is 2.35. The quantitative estimate of drug-likeness (QED) is 0.863. The Morgan fingerprint density at radius 3 is 2.22 bits per heavy atom. The molecule has 0 aliphatic heterocycles. The van der Waals surface area contributed by atoms with Crippen molar-refractivity contribution in [3.63, 3.8) is 0 Å². The molecule has 1 aliphatic rings. The molecule has 2 N–H and O–H groups in total. The van der Waals surface area contributed by atoms with E-state index in [-0.39, 0.29) is 5.54 Å². The monoisotopic (exact) mass is 246 g/mol. The number of nitrogens with two attached hydrogens (primary N) is 1. The second-order valence-electron chi connectivity index (χ2n) is 6.12. The Bertz CT molecular complexity index is 406. The van der Waals surface area contributed by atoms with E-state index in [0.717, 1.165) is 6.54 Å². The molecule has 2 nitrogen and oxygen atoms in total. The molecule has 1 aromatic rings. The van der Waals surface area contributed by atoms with Crippen LogP contribution in [0.2, 0.25) is 0 Å². The minimum Gasteiger partial charge on any atom is -0.365 e. The van der Waals surface area contributed by atoms with E-state index in [0.29, 0.717) is 12.0 Å². The van der Waals surface area contributed by atoms with Gasteiger partial charge in [0.15, 0.2) is 0 Å². The Morgan fingerprint density at radius 1 is 1.28 bits per heavy atom. The van der Waals surface area contributed by atoms with E-state index < -0.39 is 0 Å². The lowest BCUT2D eigenvalue weighted by molar-refractivity contribution is 0.280. The van der Waals surface area contributed by atoms with E-state index in [1.165, 1.54) is 24.1 Å². The highest BCUT2D eigenvalue weighted by Crippen LogP contribution is 2.56. The summed E-state index contributed by atoms with van der Waals surface area (Å²) in [5.41, 5.74) is 9.18. The van der Waals surface area contributed by atoms with Crippen LogP contribution in [0.5, 0.6) is 0 Å². The summed E-state index contributed by atoms with van der Waals surface area (Å²) in [6, 6.07) is 8.81. The zero-order valence-electron chi connectivity index (χ0n) is 12.2. The summed E-state index contributed by atoms with van der Waals surface area (Å²) >= 11 is 0. The third-order valence-corrected chi connectivity index (χ3v) is 4.96. The third-order valence-electron chi connectivity index (χ3n) is 4.96. The average molecular weight is 246 g/mol. The Kier molecular flexibility index (Phi) is 3.41. The molecule has 0 saturated heterocycles. The molecular weight excluding hydrogens is 220 g/mol. The highest BCUT2D eigenvalue weighted by atomic mass is 15.2. The minimum atomic E-state index is 0.0665. The van der Waals surface area contributed by atoms with Crippen LogP contribution in [-0.2, 0) is 0 Å². The number of likely N-dealkylation sites (N-methyl/N-ethyl adjacent to an activating group) is 1. The Morgan fingerprint density at radius 2 is 1.83 bits per heavy atom. The van der Waals surface area contributed by atoms with Gasteiger partial charge in [-0.05, 0) is 51.2 Å². The molecule has 100 valence electrons. The van der Waals surface area contributed by atoms with Gasteiger partial charge >= 0.3 is 0 Å². The first-order chi connectivity index (χ1) is 8.47. The van der Waals surface area contributed by atoms with Gasteiger partial charge in [0.05, 0.1) is 5.54 Å². The SMILES string of the molecule is CCN(c1ccc(C)cc1)C(C)(CN)C1(C)CC1. The zero-order valence-corrected chi connectivity index (χ0v) is 12.2. The van der Waals surface area contributed by atoms with Crippen molar-refractivity contribution in [2.45, 2.75) is 46.1 Å². The fourth-order valence-electron chi connectivity index (χ4n) is 2.95. The van der Waals surface area contributed by atoms with Crippen molar-refractivity contribution in [3.8, 4) is 0 Å². The number of benzene rings is 1. The van der Waals surface area contributed by atoms with Crippen LogP contribution in [0.25, 0.3) is 0 Å². The molecule has 1 saturated carbocycles. The fourth-order valence-corrected chi connectivity index (χ4v) is 2.95. The molecular formula is C16H26N2. The van der Waals surface area contributed by atoms with Crippen LogP contribution in [0.3, 0.4) is 0 Å². The summed E-state index contributed by atoms with van der Waals surface area (Å²) in [4.78, 5) is 2.49. The first-order valence-electron chi connectivity index (χ1n) is 7.01. The molecule has 1 fully saturated rings. The summed E-state index contributed by atoms with van der Waals surface area (Å²) < 4.78 is 0. The molecule has 0 heterocycles. The molecule has 18 heavy (non-hydrogen) atoms. The van der Waals surface area contributed by atoms with Crippen molar-refractivity contribution < 1.29 is 0 Å². The van der Waals surface area contributed by atoms with Crippen molar-refractivity contribution in [2.75, 3.05) is 18.0 Å². The predicted molar refractivity (Wildman–Crippen MR) is 79.0 cm³/mol. The maximum atomic E-state index is 6.14. The molecule has 1 unspecified atom stereocenters. The molecule has 0 spiro atoms. The van der Waals surface area contributed by atoms with E-state index in [1.807, 2.05) is 0 Å². The molecule has 0 aromatic heterocycles. The van der Waals surface area contributed by atoms with Crippen molar-refractivity contribution in [1.29, 1.82) is 0 Å². The summed E-state index contributed by atoms with van der Waals surface area (Å²) in [7, 11) is 0. The number of rotatable bonds is 5. The van der Waals surface area contributed by atoms with Crippen molar-refractivity contribution in [2.24, 2.45) is 11.1 Å². The van der Waals surface area contributed by atoms with Crippen LogP contribution in [-0.4, -0.2) is 18.6 Å². The van der Waals surface area contributed by atoms with E-state index in [2.05, 4.69) is 56.9 Å². The summed E-state index contributed by atoms with van der Waals surface area (Å²) in [6.45, 7) is 10.8. The summed E-state index contributed by atoms with van der Waals surface area (Å²) in [5.74, 6) is 0. The van der Waals surface area contributed by atoms with Gasteiger partial charge in [0.2, 0.25) is 0 Å². The van der Waals surface area contributed by atoms with Crippen LogP contribution in [0, 0.1) is 12.3 Å². The largest absolute Gasteiger partial charge is 0.365 e. The molecule has 1 aromatic carbocycles. The molecule has 2 heteroatoms. The van der Waals surface area contributed by atoms with Gasteiger partial charge in [0.1, 0.15) is 0 Å². The Hall–Kier alpha value is -1.02. The Labute approximate surface area is 111 Å². The van der Waals surface area contributed by atoms with Crippen LogP contribution in [0.15, 0.2) is 24.3 Å². The van der Waals surface area contributed by atoms with Gasteiger partial charge in [0.25, 0.3) is 0 Å². The highest BCUT2D eigenvalue weighted by molar-refractivity contribution is 5.51. The molecule has 0 radical (unpaired) electrons. The topological polar surface area (TPSA) is 29.3 Å². The van der Waals surface area contributed by atoms with Gasteiger partial charge < -0.3 is 10.6 Å². The number of anilines is 1. The minimum absolute atomic E-state index is 0.0665. The van der Waals surface area contributed by atoms with Gasteiger partial charge in [-0.25, -0.2) is 0 Å². The lowest BCUT2D eigenvalue weighted by Gasteiger charge is -2.47. The van der Waals surface area contributed by atoms with E-state index >= 15 is 0 Å². The first kappa shape index (κ1) is 13.4. The van der Waals surface area contributed by atoms with Crippen LogP contribution >= 0.6 is 0 Å². The molecule has 0 amide bonds. The molecule has 0 bridgehead atoms. The number of aryl methyl sites for hydroxylation is 1. The lowest BCUT2D eigenvalue weighted by atomic mass is 9.81. The van der Waals surface area contributed by atoms with E-state index in [4.69, 9.17) is 5.73 Å². The number of hydrogen-bond donors (Lipinski definition) is 1. The smallest absolute Gasteiger partial charge is 0.0549 e. The average Bonchev–Trinajstić information content (AvgIpc) is 3.12. The van der Waals surface area contributed by atoms with Crippen LogP contribution < -0.4 is 10.6 Å². The third kappa shape index (κ3) is 2.03. The normalized spacial score (nSPS) is 20.3. The van der Waals surface area contributed by atoms with E-state index in [9.17, 15) is 0 Å². The van der Waals surface area contributed by atoms with Gasteiger partial charge in [-0.3, -0.25) is 0 Å². The number of nitrogens with zero attached hydrogens (tertiary/aromatic N) is 1. The highest BCUT2D eigenvalue weighted by Gasteiger charge is 2.54. The van der Waals surface area contributed by atoms with Gasteiger partial charge in [-0.2, -0.15) is 0 Å². The van der Waals surface area contributed by atoms with Gasteiger partial charge in [-0.15, -0.1) is 0 Å². The van der Waals surface area contributed by atoms with E-state index in [1.54, 1.807) is 0 Å². The molecule has 1 aliphatic carbocycles. The summed E-state index contributed by atoms with van der Waals surface area (Å²) in [6.07, 6.45) is 2.59. The molecule has 1 atom stereocenters. The van der Waals surface area contributed by atoms with Crippen molar-refractivity contribution in [3.05, 3.63) is 29.8 Å².